The third-order valence-corrected chi connectivity index (χ3v) is 3.77. The van der Waals surface area contributed by atoms with Gasteiger partial charge >= 0.3 is 0 Å². The second-order valence-corrected chi connectivity index (χ2v) is 5.19. The van der Waals surface area contributed by atoms with Crippen molar-refractivity contribution in [2.24, 2.45) is 5.92 Å². The molecule has 0 spiro atoms. The molecular weight excluding hydrogens is 240 g/mol. The lowest BCUT2D eigenvalue weighted by molar-refractivity contribution is -0.0247. The summed E-state index contributed by atoms with van der Waals surface area (Å²) in [5.74, 6) is 1.05. The van der Waals surface area contributed by atoms with Gasteiger partial charge in [-0.25, -0.2) is 0 Å². The molecule has 0 atom stereocenters. The minimum Gasteiger partial charge on any atom is -0.453 e. The third-order valence-electron chi connectivity index (χ3n) is 3.77. The lowest BCUT2D eigenvalue weighted by Gasteiger charge is -2.34. The van der Waals surface area contributed by atoms with Gasteiger partial charge in [-0.15, -0.1) is 0 Å². The average Bonchev–Trinajstić information content (AvgIpc) is 2.80. The fourth-order valence-electron chi connectivity index (χ4n) is 2.70. The molecule has 0 bridgehead atoms. The smallest absolute Gasteiger partial charge is 0.198 e. The molecule has 19 heavy (non-hydrogen) atoms. The maximum atomic E-state index is 12.1. The molecule has 1 aromatic carbocycles. The molecule has 0 N–H and O–H groups in total. The van der Waals surface area contributed by atoms with Crippen LogP contribution in [0.2, 0.25) is 0 Å². The zero-order valence-corrected chi connectivity index (χ0v) is 11.1. The van der Waals surface area contributed by atoms with E-state index in [9.17, 15) is 4.79 Å². The van der Waals surface area contributed by atoms with E-state index < -0.39 is 0 Å². The van der Waals surface area contributed by atoms with Crippen molar-refractivity contribution < 1.29 is 13.9 Å². The maximum absolute atomic E-state index is 12.1. The lowest BCUT2D eigenvalue weighted by Crippen LogP contribution is -2.32. The quantitative estimate of drug-likeness (QED) is 0.765. The van der Waals surface area contributed by atoms with E-state index in [1.165, 1.54) is 0 Å². The largest absolute Gasteiger partial charge is 0.453 e. The van der Waals surface area contributed by atoms with E-state index in [2.05, 4.69) is 0 Å². The number of hydrogen-bond donors (Lipinski definition) is 0. The van der Waals surface area contributed by atoms with Crippen LogP contribution in [0.3, 0.4) is 0 Å². The minimum atomic E-state index is 0.108. The molecule has 0 unspecified atom stereocenters. The lowest BCUT2D eigenvalue weighted by atomic mass is 9.79. The first kappa shape index (κ1) is 12.4. The van der Waals surface area contributed by atoms with Gasteiger partial charge in [0.05, 0.1) is 6.10 Å². The highest BCUT2D eigenvalue weighted by molar-refractivity contribution is 5.97. The zero-order valence-electron chi connectivity index (χ0n) is 11.1. The normalized spacial score (nSPS) is 22.4. The molecular formula is C16H18O3. The first-order valence-corrected chi connectivity index (χ1v) is 6.89. The van der Waals surface area contributed by atoms with Gasteiger partial charge in [0, 0.05) is 18.4 Å². The fourth-order valence-corrected chi connectivity index (χ4v) is 2.70. The van der Waals surface area contributed by atoms with E-state index in [4.69, 9.17) is 9.15 Å². The minimum absolute atomic E-state index is 0.108. The second kappa shape index (κ2) is 5.17. The molecule has 1 aromatic heterocycles. The van der Waals surface area contributed by atoms with Gasteiger partial charge in [-0.2, -0.15) is 0 Å². The van der Waals surface area contributed by atoms with E-state index in [1.807, 2.05) is 37.3 Å². The monoisotopic (exact) mass is 258 g/mol. The first-order valence-electron chi connectivity index (χ1n) is 6.89. The van der Waals surface area contributed by atoms with Crippen molar-refractivity contribution in [3.63, 3.8) is 0 Å². The predicted molar refractivity (Wildman–Crippen MR) is 73.3 cm³/mol. The Morgan fingerprint density at radius 3 is 2.89 bits per heavy atom. The summed E-state index contributed by atoms with van der Waals surface area (Å²) < 4.78 is 11.1. The number of para-hydroxylation sites is 1. The van der Waals surface area contributed by atoms with Crippen molar-refractivity contribution in [2.75, 3.05) is 6.61 Å². The van der Waals surface area contributed by atoms with Gasteiger partial charge < -0.3 is 9.15 Å². The zero-order chi connectivity index (χ0) is 13.2. The second-order valence-electron chi connectivity index (χ2n) is 5.19. The first-order chi connectivity index (χ1) is 9.26. The molecule has 3 heteroatoms. The molecule has 0 amide bonds. The fraction of sp³-hybridized carbons (Fsp3) is 0.438. The van der Waals surface area contributed by atoms with Gasteiger partial charge in [-0.1, -0.05) is 18.2 Å². The highest BCUT2D eigenvalue weighted by Crippen LogP contribution is 2.34. The molecule has 100 valence electrons. The number of furan rings is 1. The van der Waals surface area contributed by atoms with Crippen molar-refractivity contribution >= 4 is 16.8 Å². The molecule has 1 fully saturated rings. The number of rotatable bonds is 5. The molecule has 1 aliphatic carbocycles. The summed E-state index contributed by atoms with van der Waals surface area (Å²) in [6.07, 6.45) is 2.93. The predicted octanol–water partition coefficient (Wildman–Crippen LogP) is 3.82. The number of ketones is 1. The van der Waals surface area contributed by atoms with E-state index >= 15 is 0 Å². The Bertz CT molecular complexity index is 545. The van der Waals surface area contributed by atoms with Crippen molar-refractivity contribution in [1.82, 2.24) is 0 Å². The summed E-state index contributed by atoms with van der Waals surface area (Å²) in [4.78, 5) is 12.1. The van der Waals surface area contributed by atoms with Gasteiger partial charge in [0.1, 0.15) is 5.58 Å². The Morgan fingerprint density at radius 1 is 1.37 bits per heavy atom. The summed E-state index contributed by atoms with van der Waals surface area (Å²) in [7, 11) is 0. The van der Waals surface area contributed by atoms with Gasteiger partial charge in [0.2, 0.25) is 0 Å². The Balaban J connectivity index is 1.62. The van der Waals surface area contributed by atoms with E-state index in [0.29, 0.717) is 24.2 Å². The topological polar surface area (TPSA) is 39.4 Å². The molecule has 3 rings (SSSR count). The van der Waals surface area contributed by atoms with E-state index in [-0.39, 0.29) is 5.78 Å². The number of ether oxygens (including phenoxy) is 1. The molecule has 3 nitrogen and oxygen atoms in total. The highest BCUT2D eigenvalue weighted by atomic mass is 16.5. The molecule has 1 heterocycles. The van der Waals surface area contributed by atoms with Gasteiger partial charge in [-0.05, 0) is 37.8 Å². The number of carbonyl (C=O) groups excluding carboxylic acids is 1. The number of benzene rings is 1. The van der Waals surface area contributed by atoms with Crippen LogP contribution in [0.5, 0.6) is 0 Å². The van der Waals surface area contributed by atoms with Crippen molar-refractivity contribution in [1.29, 1.82) is 0 Å². The number of Topliss-reactive ketones (excluding diaryl/α,β-unsaturated/α-hetero) is 1. The van der Waals surface area contributed by atoms with Crippen LogP contribution in [0, 0.1) is 5.92 Å². The van der Waals surface area contributed by atoms with Crippen LogP contribution in [0.1, 0.15) is 36.7 Å². The molecule has 1 aliphatic rings. The van der Waals surface area contributed by atoms with E-state index in [1.54, 1.807) is 0 Å². The summed E-state index contributed by atoms with van der Waals surface area (Å²) >= 11 is 0. The number of hydrogen-bond acceptors (Lipinski definition) is 3. The van der Waals surface area contributed by atoms with Crippen molar-refractivity contribution in [2.45, 2.75) is 32.3 Å². The molecule has 2 aromatic rings. The number of carbonyl (C=O) groups is 1. The SMILES string of the molecule is CCOC1CC(CC(=O)c2cc3ccccc3o2)C1. The van der Waals surface area contributed by atoms with Gasteiger partial charge in [-0.3, -0.25) is 4.79 Å². The molecule has 1 saturated carbocycles. The average molecular weight is 258 g/mol. The summed E-state index contributed by atoms with van der Waals surface area (Å²) in [5, 5.41) is 0.992. The summed E-state index contributed by atoms with van der Waals surface area (Å²) in [5.41, 5.74) is 0.784. The van der Waals surface area contributed by atoms with Gasteiger partial charge in [0.15, 0.2) is 11.5 Å². The standard InChI is InChI=1S/C16H18O3/c1-2-18-13-7-11(8-13)9-14(17)16-10-12-5-3-4-6-15(12)19-16/h3-6,10-11,13H,2,7-9H2,1H3. The van der Waals surface area contributed by atoms with Crippen LogP contribution in [-0.4, -0.2) is 18.5 Å². The van der Waals surface area contributed by atoms with Gasteiger partial charge in [0.25, 0.3) is 0 Å². The molecule has 0 radical (unpaired) electrons. The van der Waals surface area contributed by atoms with Crippen molar-refractivity contribution in [3.8, 4) is 0 Å². The van der Waals surface area contributed by atoms with Crippen LogP contribution >= 0.6 is 0 Å². The Morgan fingerprint density at radius 2 is 2.16 bits per heavy atom. The Labute approximate surface area is 112 Å². The third kappa shape index (κ3) is 2.56. The van der Waals surface area contributed by atoms with Crippen LogP contribution in [-0.2, 0) is 4.74 Å². The van der Waals surface area contributed by atoms with Crippen LogP contribution in [0.4, 0.5) is 0 Å². The highest BCUT2D eigenvalue weighted by Gasteiger charge is 2.31. The number of fused-ring (bicyclic) bond motifs is 1. The van der Waals surface area contributed by atoms with Crippen LogP contribution in [0.15, 0.2) is 34.7 Å². The Kier molecular flexibility index (Phi) is 3.38. The summed E-state index contributed by atoms with van der Waals surface area (Å²) in [6.45, 7) is 2.77. The Hall–Kier alpha value is -1.61. The maximum Gasteiger partial charge on any atom is 0.198 e. The van der Waals surface area contributed by atoms with Crippen LogP contribution < -0.4 is 0 Å². The van der Waals surface area contributed by atoms with Crippen molar-refractivity contribution in [3.05, 3.63) is 36.1 Å². The molecule has 0 aliphatic heterocycles. The molecule has 0 saturated heterocycles. The van der Waals surface area contributed by atoms with Crippen LogP contribution in [0.25, 0.3) is 11.0 Å². The van der Waals surface area contributed by atoms with E-state index in [0.717, 1.165) is 30.4 Å². The summed E-state index contributed by atoms with van der Waals surface area (Å²) in [6, 6.07) is 9.56.